The summed E-state index contributed by atoms with van der Waals surface area (Å²) in [6.45, 7) is 1.58. The van der Waals surface area contributed by atoms with Gasteiger partial charge in [-0.3, -0.25) is 14.4 Å². The van der Waals surface area contributed by atoms with E-state index in [1.54, 1.807) is 6.92 Å². The first-order valence-corrected chi connectivity index (χ1v) is 9.87. The number of esters is 1. The molecule has 0 fully saturated rings. The third-order valence-electron chi connectivity index (χ3n) is 4.44. The molecule has 0 unspecified atom stereocenters. The van der Waals surface area contributed by atoms with Crippen LogP contribution in [0.1, 0.15) is 30.1 Å². The maximum Gasteiger partial charge on any atom is 0.338 e. The van der Waals surface area contributed by atoms with Crippen LogP contribution in [0.15, 0.2) is 53.6 Å². The van der Waals surface area contributed by atoms with Crippen molar-refractivity contribution in [2.75, 3.05) is 23.8 Å². The van der Waals surface area contributed by atoms with E-state index in [0.29, 0.717) is 16.9 Å². The van der Waals surface area contributed by atoms with Crippen LogP contribution in [0.2, 0.25) is 0 Å². The highest BCUT2D eigenvalue weighted by Crippen LogP contribution is 2.14. The second-order valence-corrected chi connectivity index (χ2v) is 6.81. The molecular weight excluding hydrogens is 419 g/mol. The summed E-state index contributed by atoms with van der Waals surface area (Å²) >= 11 is 0. The van der Waals surface area contributed by atoms with Crippen LogP contribution >= 0.6 is 0 Å². The minimum atomic E-state index is -0.538. The number of amides is 3. The fourth-order valence-electron chi connectivity index (χ4n) is 2.87. The Hall–Kier alpha value is -4.08. The molecule has 3 rings (SSSR count). The van der Waals surface area contributed by atoms with Crippen LogP contribution in [0.25, 0.3) is 0 Å². The molecule has 0 aromatic heterocycles. The van der Waals surface area contributed by atoms with E-state index < -0.39 is 29.5 Å². The van der Waals surface area contributed by atoms with Crippen molar-refractivity contribution in [3.8, 4) is 0 Å². The lowest BCUT2D eigenvalue weighted by Gasteiger charge is -2.22. The van der Waals surface area contributed by atoms with E-state index >= 15 is 0 Å². The van der Waals surface area contributed by atoms with Gasteiger partial charge in [0, 0.05) is 24.2 Å². The lowest BCUT2D eigenvalue weighted by Crippen LogP contribution is -2.40. The summed E-state index contributed by atoms with van der Waals surface area (Å²) < 4.78 is 17.9. The van der Waals surface area contributed by atoms with Crippen LogP contribution in [0, 0.1) is 5.82 Å². The van der Waals surface area contributed by atoms with Gasteiger partial charge < -0.3 is 15.4 Å². The van der Waals surface area contributed by atoms with Crippen molar-refractivity contribution in [2.24, 2.45) is 5.10 Å². The molecule has 0 saturated carbocycles. The highest BCUT2D eigenvalue weighted by molar-refractivity contribution is 6.43. The predicted molar refractivity (Wildman–Crippen MR) is 114 cm³/mol. The topological polar surface area (TPSA) is 117 Å². The molecule has 0 saturated heterocycles. The van der Waals surface area contributed by atoms with E-state index in [4.69, 9.17) is 4.74 Å². The number of ether oxygens (including phenoxy) is 1. The molecule has 1 aliphatic heterocycles. The SMILES string of the molecule is CCOC(=O)c1ccc(NC(=O)CN2N=C(C(=O)Nc3ccc(F)cc3)CCC2=O)cc1. The van der Waals surface area contributed by atoms with E-state index in [1.165, 1.54) is 48.5 Å². The summed E-state index contributed by atoms with van der Waals surface area (Å²) in [6.07, 6.45) is 0.149. The van der Waals surface area contributed by atoms with Gasteiger partial charge >= 0.3 is 5.97 Å². The molecule has 1 aliphatic rings. The fourth-order valence-corrected chi connectivity index (χ4v) is 2.87. The molecule has 2 aromatic carbocycles. The molecule has 0 aliphatic carbocycles. The van der Waals surface area contributed by atoms with Gasteiger partial charge in [-0.25, -0.2) is 14.2 Å². The van der Waals surface area contributed by atoms with Gasteiger partial charge in [-0.05, 0) is 55.5 Å². The number of rotatable bonds is 7. The van der Waals surface area contributed by atoms with Crippen molar-refractivity contribution in [1.29, 1.82) is 0 Å². The average molecular weight is 440 g/mol. The average Bonchev–Trinajstić information content (AvgIpc) is 2.77. The minimum absolute atomic E-state index is 0.0250. The summed E-state index contributed by atoms with van der Waals surface area (Å²) in [6, 6.07) is 11.3. The Balaban J connectivity index is 1.60. The molecule has 3 amide bonds. The number of hydrogen-bond acceptors (Lipinski definition) is 6. The van der Waals surface area contributed by atoms with E-state index in [9.17, 15) is 23.6 Å². The summed E-state index contributed by atoms with van der Waals surface area (Å²) in [4.78, 5) is 48.6. The first-order chi connectivity index (χ1) is 15.4. The van der Waals surface area contributed by atoms with Crippen LogP contribution in [0.4, 0.5) is 15.8 Å². The maximum atomic E-state index is 13.0. The third kappa shape index (κ3) is 5.97. The number of halogens is 1. The molecular formula is C22H21FN4O5. The highest BCUT2D eigenvalue weighted by atomic mass is 19.1. The maximum absolute atomic E-state index is 13.0. The van der Waals surface area contributed by atoms with Crippen LogP contribution in [0.3, 0.4) is 0 Å². The van der Waals surface area contributed by atoms with Gasteiger partial charge in [0.2, 0.25) is 11.8 Å². The highest BCUT2D eigenvalue weighted by Gasteiger charge is 2.26. The zero-order chi connectivity index (χ0) is 23.1. The van der Waals surface area contributed by atoms with Crippen molar-refractivity contribution >= 4 is 40.8 Å². The van der Waals surface area contributed by atoms with Gasteiger partial charge in [-0.15, -0.1) is 0 Å². The number of nitrogens with zero attached hydrogens (tertiary/aromatic N) is 2. The Kier molecular flexibility index (Phi) is 7.27. The number of hydrazone groups is 1. The number of nitrogens with one attached hydrogen (secondary N) is 2. The monoisotopic (exact) mass is 440 g/mol. The number of carbonyl (C=O) groups is 4. The molecule has 2 N–H and O–H groups in total. The van der Waals surface area contributed by atoms with Crippen LogP contribution in [-0.2, 0) is 19.1 Å². The third-order valence-corrected chi connectivity index (χ3v) is 4.44. The lowest BCUT2D eigenvalue weighted by atomic mass is 10.1. The Morgan fingerprint density at radius 1 is 1.00 bits per heavy atom. The van der Waals surface area contributed by atoms with Gasteiger partial charge in [0.25, 0.3) is 5.91 Å². The summed E-state index contributed by atoms with van der Waals surface area (Å²) in [5, 5.41) is 10.1. The molecule has 0 bridgehead atoms. The van der Waals surface area contributed by atoms with E-state index in [2.05, 4.69) is 15.7 Å². The molecule has 1 heterocycles. The smallest absolute Gasteiger partial charge is 0.338 e. The largest absolute Gasteiger partial charge is 0.462 e. The molecule has 10 heteroatoms. The zero-order valence-corrected chi connectivity index (χ0v) is 17.3. The molecule has 9 nitrogen and oxygen atoms in total. The zero-order valence-electron chi connectivity index (χ0n) is 17.3. The van der Waals surface area contributed by atoms with Gasteiger partial charge in [0.05, 0.1) is 12.2 Å². The van der Waals surface area contributed by atoms with Gasteiger partial charge in [0.15, 0.2) is 0 Å². The number of benzene rings is 2. The van der Waals surface area contributed by atoms with Crippen LogP contribution in [-0.4, -0.2) is 47.6 Å². The van der Waals surface area contributed by atoms with Crippen LogP contribution in [0.5, 0.6) is 0 Å². The molecule has 0 spiro atoms. The predicted octanol–water partition coefficient (Wildman–Crippen LogP) is 2.56. The molecule has 0 atom stereocenters. The quantitative estimate of drug-likeness (QED) is 0.642. The number of anilines is 2. The fraction of sp³-hybridized carbons (Fsp3) is 0.227. The summed E-state index contributed by atoms with van der Waals surface area (Å²) in [5.74, 6) is -2.35. The Morgan fingerprint density at radius 3 is 2.28 bits per heavy atom. The normalized spacial score (nSPS) is 13.2. The van der Waals surface area contributed by atoms with Gasteiger partial charge in [0.1, 0.15) is 18.1 Å². The summed E-state index contributed by atoms with van der Waals surface area (Å²) in [5.41, 5.74) is 1.23. The molecule has 32 heavy (non-hydrogen) atoms. The van der Waals surface area contributed by atoms with Crippen molar-refractivity contribution in [3.63, 3.8) is 0 Å². The Labute approximate surface area is 183 Å². The second kappa shape index (κ2) is 10.3. The van der Waals surface area contributed by atoms with Crippen molar-refractivity contribution in [3.05, 3.63) is 59.9 Å². The molecule has 166 valence electrons. The van der Waals surface area contributed by atoms with Gasteiger partial charge in [-0.2, -0.15) is 5.10 Å². The number of hydrogen-bond donors (Lipinski definition) is 2. The van der Waals surface area contributed by atoms with E-state index in [-0.39, 0.29) is 31.7 Å². The van der Waals surface area contributed by atoms with Crippen molar-refractivity contribution < 1.29 is 28.3 Å². The Bertz CT molecular complexity index is 1050. The van der Waals surface area contributed by atoms with Crippen molar-refractivity contribution in [2.45, 2.75) is 19.8 Å². The summed E-state index contributed by atoms with van der Waals surface area (Å²) in [7, 11) is 0. The van der Waals surface area contributed by atoms with Crippen LogP contribution < -0.4 is 10.6 Å². The van der Waals surface area contributed by atoms with E-state index in [0.717, 1.165) is 5.01 Å². The molecule has 2 aromatic rings. The lowest BCUT2D eigenvalue weighted by molar-refractivity contribution is -0.135. The first-order valence-electron chi connectivity index (χ1n) is 9.87. The Morgan fingerprint density at radius 2 is 1.62 bits per heavy atom. The molecule has 0 radical (unpaired) electrons. The van der Waals surface area contributed by atoms with Crippen molar-refractivity contribution in [1.82, 2.24) is 5.01 Å². The van der Waals surface area contributed by atoms with E-state index in [1.807, 2.05) is 0 Å². The second-order valence-electron chi connectivity index (χ2n) is 6.81. The number of carbonyl (C=O) groups excluding carboxylic acids is 4. The first kappa shape index (κ1) is 22.6. The standard InChI is InChI=1S/C22H21FN4O5/c1-2-32-22(31)14-3-7-16(8-4-14)24-19(28)13-27-20(29)12-11-18(26-27)21(30)25-17-9-5-15(23)6-10-17/h3-10H,2,11-13H2,1H3,(H,24,28)(H,25,30). The van der Waals surface area contributed by atoms with Gasteiger partial charge in [-0.1, -0.05) is 0 Å². The minimum Gasteiger partial charge on any atom is -0.462 e.